The summed E-state index contributed by atoms with van der Waals surface area (Å²) in [6, 6.07) is 2.32. The highest BCUT2D eigenvalue weighted by Crippen LogP contribution is 2.48. The molecule has 0 saturated heterocycles. The van der Waals surface area contributed by atoms with E-state index in [1.54, 1.807) is 6.07 Å². The van der Waals surface area contributed by atoms with Crippen LogP contribution in [0.5, 0.6) is 0 Å². The van der Waals surface area contributed by atoms with Gasteiger partial charge < -0.3 is 5.32 Å². The van der Waals surface area contributed by atoms with E-state index in [9.17, 15) is 8.42 Å². The summed E-state index contributed by atoms with van der Waals surface area (Å²) in [6.45, 7) is 3.38. The van der Waals surface area contributed by atoms with Crippen molar-refractivity contribution in [3.8, 4) is 0 Å². The fraction of sp³-hybridized carbons (Fsp3) is 0.714. The Bertz CT molecular complexity index is 572. The molecule has 2 N–H and O–H groups in total. The summed E-state index contributed by atoms with van der Waals surface area (Å²) in [7, 11) is -3.36. The van der Waals surface area contributed by atoms with E-state index in [0.717, 1.165) is 24.1 Å². The maximum atomic E-state index is 12.4. The molecule has 1 heterocycles. The lowest BCUT2D eigenvalue weighted by Gasteiger charge is -2.14. The quantitative estimate of drug-likeness (QED) is 0.775. The molecule has 0 amide bonds. The third kappa shape index (κ3) is 3.24. The number of thiophene rings is 1. The second-order valence-corrected chi connectivity index (χ2v) is 8.78. The first-order valence-electron chi connectivity index (χ1n) is 7.34. The second-order valence-electron chi connectivity index (χ2n) is 6.04. The maximum Gasteiger partial charge on any atom is 0.241 e. The molecule has 1 aromatic heterocycles. The van der Waals surface area contributed by atoms with Crippen molar-refractivity contribution in [1.82, 2.24) is 10.0 Å². The van der Waals surface area contributed by atoms with Crippen LogP contribution < -0.4 is 10.0 Å². The van der Waals surface area contributed by atoms with Crippen LogP contribution in [-0.2, 0) is 16.6 Å². The Morgan fingerprint density at radius 3 is 2.75 bits per heavy atom. The van der Waals surface area contributed by atoms with E-state index in [1.807, 2.05) is 5.38 Å². The van der Waals surface area contributed by atoms with Crippen LogP contribution in [0, 0.1) is 5.41 Å². The standard InChI is InChI=1S/C14H22N2O2S2/c1-2-14(6-7-14)10-16-20(17,18)13-5-8-19-12(13)9-15-11-3-4-11/h5,8,11,15-16H,2-4,6-7,9-10H2,1H3. The van der Waals surface area contributed by atoms with Gasteiger partial charge in [0.2, 0.25) is 10.0 Å². The molecule has 0 aliphatic heterocycles. The zero-order chi connectivity index (χ0) is 14.2. The molecule has 0 unspecified atom stereocenters. The molecule has 6 heteroatoms. The molecule has 2 aliphatic carbocycles. The number of hydrogen-bond donors (Lipinski definition) is 2. The van der Waals surface area contributed by atoms with Crippen molar-refractivity contribution in [1.29, 1.82) is 0 Å². The van der Waals surface area contributed by atoms with E-state index in [2.05, 4.69) is 17.0 Å². The van der Waals surface area contributed by atoms with Gasteiger partial charge in [-0.2, -0.15) is 0 Å². The Kier molecular flexibility index (Phi) is 3.92. The smallest absolute Gasteiger partial charge is 0.241 e. The summed E-state index contributed by atoms with van der Waals surface area (Å²) in [5.74, 6) is 0. The summed E-state index contributed by atoms with van der Waals surface area (Å²) >= 11 is 1.52. The van der Waals surface area contributed by atoms with Crippen molar-refractivity contribution in [2.75, 3.05) is 6.54 Å². The number of rotatable bonds is 8. The Hall–Kier alpha value is -0.430. The number of nitrogens with one attached hydrogen (secondary N) is 2. The highest BCUT2D eigenvalue weighted by Gasteiger charge is 2.41. The van der Waals surface area contributed by atoms with E-state index < -0.39 is 10.0 Å². The van der Waals surface area contributed by atoms with Crippen molar-refractivity contribution in [2.45, 2.75) is 56.5 Å². The molecule has 112 valence electrons. The van der Waals surface area contributed by atoms with Gasteiger partial charge >= 0.3 is 0 Å². The first-order chi connectivity index (χ1) is 9.55. The molecule has 1 aromatic rings. The van der Waals surface area contributed by atoms with E-state index in [0.29, 0.717) is 24.0 Å². The van der Waals surface area contributed by atoms with Gasteiger partial charge in [0, 0.05) is 24.0 Å². The van der Waals surface area contributed by atoms with Gasteiger partial charge in [-0.15, -0.1) is 11.3 Å². The molecule has 0 aromatic carbocycles. The predicted molar refractivity (Wildman–Crippen MR) is 81.3 cm³/mol. The minimum atomic E-state index is -3.36. The van der Waals surface area contributed by atoms with E-state index in [4.69, 9.17) is 0 Å². The number of sulfonamides is 1. The summed E-state index contributed by atoms with van der Waals surface area (Å²) < 4.78 is 27.7. The van der Waals surface area contributed by atoms with Gasteiger partial charge in [0.05, 0.1) is 4.90 Å². The van der Waals surface area contributed by atoms with Gasteiger partial charge in [0.25, 0.3) is 0 Å². The average molecular weight is 314 g/mol. The highest BCUT2D eigenvalue weighted by atomic mass is 32.2. The van der Waals surface area contributed by atoms with Gasteiger partial charge in [-0.1, -0.05) is 6.92 Å². The summed E-state index contributed by atoms with van der Waals surface area (Å²) in [6.07, 6.45) is 5.77. The largest absolute Gasteiger partial charge is 0.309 e. The topological polar surface area (TPSA) is 58.2 Å². The van der Waals surface area contributed by atoms with Crippen LogP contribution in [0.1, 0.15) is 43.9 Å². The lowest BCUT2D eigenvalue weighted by atomic mass is 10.1. The maximum absolute atomic E-state index is 12.4. The lowest BCUT2D eigenvalue weighted by Crippen LogP contribution is -2.30. The van der Waals surface area contributed by atoms with Crippen molar-refractivity contribution in [3.05, 3.63) is 16.3 Å². The average Bonchev–Trinajstić information content (AvgIpc) is 3.35. The highest BCUT2D eigenvalue weighted by molar-refractivity contribution is 7.89. The Balaban J connectivity index is 1.65. The Labute approximate surface area is 125 Å². The van der Waals surface area contributed by atoms with Gasteiger partial charge in [0.1, 0.15) is 0 Å². The van der Waals surface area contributed by atoms with E-state index in [1.165, 1.54) is 24.2 Å². The van der Waals surface area contributed by atoms with Crippen molar-refractivity contribution >= 4 is 21.4 Å². The summed E-state index contributed by atoms with van der Waals surface area (Å²) in [5, 5.41) is 5.25. The fourth-order valence-electron chi connectivity index (χ4n) is 2.38. The normalized spacial score (nSPS) is 21.1. The molecule has 3 rings (SSSR count). The minimum Gasteiger partial charge on any atom is -0.309 e. The molecular formula is C14H22N2O2S2. The van der Waals surface area contributed by atoms with Crippen LogP contribution in [-0.4, -0.2) is 21.0 Å². The monoisotopic (exact) mass is 314 g/mol. The van der Waals surface area contributed by atoms with Gasteiger partial charge in [-0.3, -0.25) is 0 Å². The van der Waals surface area contributed by atoms with Gasteiger partial charge in [0.15, 0.2) is 0 Å². The molecule has 0 spiro atoms. The predicted octanol–water partition coefficient (Wildman–Crippen LogP) is 2.47. The Morgan fingerprint density at radius 2 is 2.15 bits per heavy atom. The molecular weight excluding hydrogens is 292 g/mol. The fourth-order valence-corrected chi connectivity index (χ4v) is 4.93. The third-order valence-electron chi connectivity index (χ3n) is 4.47. The van der Waals surface area contributed by atoms with Crippen molar-refractivity contribution in [2.24, 2.45) is 5.41 Å². The minimum absolute atomic E-state index is 0.232. The molecule has 20 heavy (non-hydrogen) atoms. The van der Waals surface area contributed by atoms with Gasteiger partial charge in [-0.05, 0) is 49.0 Å². The molecule has 0 radical (unpaired) electrons. The first kappa shape index (κ1) is 14.5. The first-order valence-corrected chi connectivity index (χ1v) is 9.70. The molecule has 4 nitrogen and oxygen atoms in total. The van der Waals surface area contributed by atoms with Crippen LogP contribution in [0.2, 0.25) is 0 Å². The third-order valence-corrected chi connectivity index (χ3v) is 7.00. The summed E-state index contributed by atoms with van der Waals surface area (Å²) in [5.41, 5.74) is 0.232. The lowest BCUT2D eigenvalue weighted by molar-refractivity contribution is 0.475. The van der Waals surface area contributed by atoms with Crippen LogP contribution in [0.15, 0.2) is 16.3 Å². The Morgan fingerprint density at radius 1 is 1.40 bits per heavy atom. The van der Waals surface area contributed by atoms with Crippen molar-refractivity contribution < 1.29 is 8.42 Å². The molecule has 0 bridgehead atoms. The SMILES string of the molecule is CCC1(CNS(=O)(=O)c2ccsc2CNC2CC2)CC1. The van der Waals surface area contributed by atoms with Gasteiger partial charge in [-0.25, -0.2) is 13.1 Å². The van der Waals surface area contributed by atoms with Crippen LogP contribution >= 0.6 is 11.3 Å². The zero-order valence-corrected chi connectivity index (χ0v) is 13.4. The van der Waals surface area contributed by atoms with Crippen LogP contribution in [0.3, 0.4) is 0 Å². The second kappa shape index (κ2) is 5.40. The van der Waals surface area contributed by atoms with Crippen LogP contribution in [0.4, 0.5) is 0 Å². The number of hydrogen-bond acceptors (Lipinski definition) is 4. The molecule has 0 atom stereocenters. The summed E-state index contributed by atoms with van der Waals surface area (Å²) in [4.78, 5) is 1.38. The molecule has 2 saturated carbocycles. The van der Waals surface area contributed by atoms with E-state index in [-0.39, 0.29) is 5.41 Å². The molecule has 2 fully saturated rings. The van der Waals surface area contributed by atoms with E-state index >= 15 is 0 Å². The molecule has 2 aliphatic rings. The van der Waals surface area contributed by atoms with Crippen LogP contribution in [0.25, 0.3) is 0 Å². The zero-order valence-electron chi connectivity index (χ0n) is 11.8. The van der Waals surface area contributed by atoms with Crippen molar-refractivity contribution in [3.63, 3.8) is 0 Å².